The van der Waals surface area contributed by atoms with Gasteiger partial charge in [0.15, 0.2) is 0 Å². The summed E-state index contributed by atoms with van der Waals surface area (Å²) in [5, 5.41) is 0. The van der Waals surface area contributed by atoms with Crippen LogP contribution in [-0.4, -0.2) is 22.1 Å². The molecule has 0 unspecified atom stereocenters. The van der Waals surface area contributed by atoms with Gasteiger partial charge in [0.2, 0.25) is 0 Å². The van der Waals surface area contributed by atoms with E-state index in [0.29, 0.717) is 0 Å². The van der Waals surface area contributed by atoms with Gasteiger partial charge in [0.1, 0.15) is 0 Å². The molecule has 2 nitrogen and oxygen atoms in total. The van der Waals surface area contributed by atoms with Crippen molar-refractivity contribution in [2.45, 2.75) is 0 Å². The van der Waals surface area contributed by atoms with Crippen LogP contribution in [-0.2, 0) is 3.84 Å². The summed E-state index contributed by atoms with van der Waals surface area (Å²) in [5.41, 5.74) is 0. The predicted molar refractivity (Wildman–Crippen MR) is 53.3 cm³/mol. The van der Waals surface area contributed by atoms with Gasteiger partial charge >= 0.3 is 17.1 Å². The van der Waals surface area contributed by atoms with E-state index in [1.54, 1.807) is 12.4 Å². The molecule has 0 fully saturated rings. The number of halogens is 3. The molecule has 0 N–H and O–H groups in total. The summed E-state index contributed by atoms with van der Waals surface area (Å²) in [7, 11) is 0. The number of nitrogens with zero attached hydrogens (tertiary/aromatic N) is 1. The van der Waals surface area contributed by atoms with Crippen LogP contribution < -0.4 is 0 Å². The SMILES string of the molecule is Brc1cccnc1.ClOCl.[SeH2]. The molecule has 0 radical (unpaired) electrons. The Morgan fingerprint density at radius 2 is 2.00 bits per heavy atom. The van der Waals surface area contributed by atoms with Crippen molar-refractivity contribution >= 4 is 56.7 Å². The molecular weight excluding hydrogens is 320 g/mol. The molecule has 1 aromatic heterocycles. The first-order valence-corrected chi connectivity index (χ1v) is 3.67. The molecule has 0 saturated heterocycles. The zero-order valence-electron chi connectivity index (χ0n) is 5.30. The van der Waals surface area contributed by atoms with Crippen molar-refractivity contribution in [3.63, 3.8) is 0 Å². The van der Waals surface area contributed by atoms with Crippen LogP contribution >= 0.6 is 39.7 Å². The van der Waals surface area contributed by atoms with E-state index in [4.69, 9.17) is 0 Å². The minimum atomic E-state index is 0. The third-order valence-corrected chi connectivity index (χ3v) is 1.09. The summed E-state index contributed by atoms with van der Waals surface area (Å²) in [6.07, 6.45) is 3.49. The number of pyridine rings is 1. The standard InChI is InChI=1S/C5H4BrN.Cl2O.H2Se/c6-5-2-1-3-7-4-5;1-3-2;/h1-4H;;1H2. The molecule has 0 spiro atoms. The van der Waals surface area contributed by atoms with Crippen LogP contribution in [0.5, 0.6) is 0 Å². The van der Waals surface area contributed by atoms with E-state index in [1.807, 2.05) is 12.1 Å². The molecule has 6 heteroatoms. The maximum atomic E-state index is 4.26. The fourth-order valence-electron chi connectivity index (χ4n) is 0.342. The summed E-state index contributed by atoms with van der Waals surface area (Å²) in [5.74, 6) is 0. The number of hydrogen-bond donors (Lipinski definition) is 0. The first kappa shape index (κ1) is 14.2. The molecule has 0 aliphatic carbocycles. The molecule has 1 heterocycles. The molecule has 0 aliphatic heterocycles. The van der Waals surface area contributed by atoms with Gasteiger partial charge in [-0.25, -0.2) is 0 Å². The van der Waals surface area contributed by atoms with Crippen LogP contribution in [0.25, 0.3) is 0 Å². The Labute approximate surface area is 94.2 Å². The fourth-order valence-corrected chi connectivity index (χ4v) is 0.613. The van der Waals surface area contributed by atoms with Gasteiger partial charge in [-0.15, -0.1) is 0 Å². The second kappa shape index (κ2) is 10.7. The van der Waals surface area contributed by atoms with Gasteiger partial charge in [0, 0.05) is 16.9 Å². The number of hydrogen-bond acceptors (Lipinski definition) is 2. The van der Waals surface area contributed by atoms with E-state index in [-0.39, 0.29) is 17.1 Å². The maximum absolute atomic E-state index is 4.26. The van der Waals surface area contributed by atoms with Crippen LogP contribution in [0.15, 0.2) is 29.0 Å². The molecule has 1 aromatic rings. The molecular formula is C5H6BrCl2NOSe. The molecule has 1 rings (SSSR count). The van der Waals surface area contributed by atoms with Crippen molar-refractivity contribution in [3.05, 3.63) is 29.0 Å². The molecule has 0 aromatic carbocycles. The Morgan fingerprint density at radius 3 is 2.18 bits per heavy atom. The molecule has 0 saturated carbocycles. The summed E-state index contributed by atoms with van der Waals surface area (Å²) in [4.78, 5) is 3.84. The summed E-state index contributed by atoms with van der Waals surface area (Å²) in [6.45, 7) is 0. The molecule has 0 amide bonds. The second-order valence-corrected chi connectivity index (χ2v) is 2.61. The van der Waals surface area contributed by atoms with Gasteiger partial charge in [-0.05, 0) is 28.1 Å². The van der Waals surface area contributed by atoms with E-state index in [1.165, 1.54) is 0 Å². The van der Waals surface area contributed by atoms with Gasteiger partial charge < -0.3 is 0 Å². The van der Waals surface area contributed by atoms with Crippen molar-refractivity contribution < 1.29 is 3.84 Å². The molecule has 0 atom stereocenters. The average Bonchev–Trinajstić information content (AvgIpc) is 1.91. The normalized spacial score (nSPS) is 7.18. The summed E-state index contributed by atoms with van der Waals surface area (Å²) >= 11 is 11.8. The number of rotatable bonds is 0. The van der Waals surface area contributed by atoms with E-state index >= 15 is 0 Å². The first-order valence-electron chi connectivity index (χ1n) is 2.26. The third-order valence-electron chi connectivity index (χ3n) is 0.625. The zero-order valence-corrected chi connectivity index (χ0v) is 10.5. The van der Waals surface area contributed by atoms with Crippen molar-refractivity contribution in [2.24, 2.45) is 0 Å². The molecule has 64 valence electrons. The Balaban J connectivity index is 0. The van der Waals surface area contributed by atoms with E-state index < -0.39 is 0 Å². The van der Waals surface area contributed by atoms with Crippen molar-refractivity contribution in [1.29, 1.82) is 0 Å². The molecule has 11 heavy (non-hydrogen) atoms. The Morgan fingerprint density at radius 1 is 1.45 bits per heavy atom. The van der Waals surface area contributed by atoms with Gasteiger partial charge in [-0.1, -0.05) is 0 Å². The monoisotopic (exact) mass is 325 g/mol. The van der Waals surface area contributed by atoms with Crippen LogP contribution in [0, 0.1) is 0 Å². The minimum absolute atomic E-state index is 0. The zero-order chi connectivity index (χ0) is 7.82. The Hall–Kier alpha value is 0.689. The average molecular weight is 326 g/mol. The fraction of sp³-hybridized carbons (Fsp3) is 0. The summed E-state index contributed by atoms with van der Waals surface area (Å²) in [6, 6.07) is 3.82. The topological polar surface area (TPSA) is 22.1 Å². The molecule has 0 aliphatic rings. The van der Waals surface area contributed by atoms with Gasteiger partial charge in [0.05, 0.1) is 23.7 Å². The quantitative estimate of drug-likeness (QED) is 0.683. The van der Waals surface area contributed by atoms with Crippen LogP contribution in [0.3, 0.4) is 0 Å². The second-order valence-electron chi connectivity index (χ2n) is 1.23. The predicted octanol–water partition coefficient (Wildman–Crippen LogP) is 2.24. The number of aromatic nitrogens is 1. The van der Waals surface area contributed by atoms with Crippen molar-refractivity contribution in [2.75, 3.05) is 0 Å². The van der Waals surface area contributed by atoms with E-state index in [0.717, 1.165) is 4.47 Å². The van der Waals surface area contributed by atoms with Crippen LogP contribution in [0.1, 0.15) is 0 Å². The van der Waals surface area contributed by atoms with Crippen LogP contribution in [0.2, 0.25) is 0 Å². The molecule has 0 bridgehead atoms. The van der Waals surface area contributed by atoms with Crippen molar-refractivity contribution in [3.8, 4) is 0 Å². The van der Waals surface area contributed by atoms with Crippen LogP contribution in [0.4, 0.5) is 0 Å². The third kappa shape index (κ3) is 10.7. The summed E-state index contributed by atoms with van der Waals surface area (Å²) < 4.78 is 4.22. The van der Waals surface area contributed by atoms with Gasteiger partial charge in [-0.3, -0.25) is 4.98 Å². The van der Waals surface area contributed by atoms with Crippen molar-refractivity contribution in [1.82, 2.24) is 4.98 Å². The van der Waals surface area contributed by atoms with E-state index in [2.05, 4.69) is 48.5 Å². The van der Waals surface area contributed by atoms with Gasteiger partial charge in [-0.2, -0.15) is 3.84 Å². The Kier molecular flexibility index (Phi) is 13.8. The van der Waals surface area contributed by atoms with Gasteiger partial charge in [0.25, 0.3) is 0 Å². The van der Waals surface area contributed by atoms with E-state index in [9.17, 15) is 0 Å². The first-order chi connectivity index (χ1) is 4.81. The Bertz CT molecular complexity index is 166.